The van der Waals surface area contributed by atoms with Gasteiger partial charge in [0.2, 0.25) is 0 Å². The molecular weight excluding hydrogens is 334 g/mol. The van der Waals surface area contributed by atoms with Crippen molar-refractivity contribution in [2.75, 3.05) is 25.6 Å². The van der Waals surface area contributed by atoms with Gasteiger partial charge in [-0.25, -0.2) is 4.79 Å². The van der Waals surface area contributed by atoms with Crippen LogP contribution in [0.5, 0.6) is 11.5 Å². The normalized spacial score (nSPS) is 10.2. The number of carbonyl (C=O) groups is 2. The first-order valence-corrected chi connectivity index (χ1v) is 8.29. The number of ether oxygens (including phenoxy) is 3. The summed E-state index contributed by atoms with van der Waals surface area (Å²) in [6.07, 6.45) is 0. The summed E-state index contributed by atoms with van der Waals surface area (Å²) in [5, 5.41) is 2.73. The minimum Gasteiger partial charge on any atom is -0.493 e. The first-order valence-electron chi connectivity index (χ1n) is 8.29. The molecule has 0 saturated carbocycles. The second-order valence-electron chi connectivity index (χ2n) is 5.74. The van der Waals surface area contributed by atoms with Crippen LogP contribution >= 0.6 is 0 Å². The Morgan fingerprint density at radius 1 is 1.04 bits per heavy atom. The summed E-state index contributed by atoms with van der Waals surface area (Å²) in [7, 11) is 1.52. The number of nitrogens with one attached hydrogen (secondary N) is 1. The highest BCUT2D eigenvalue weighted by atomic mass is 16.5. The summed E-state index contributed by atoms with van der Waals surface area (Å²) in [5.74, 6) is -0.0339. The zero-order valence-corrected chi connectivity index (χ0v) is 15.4. The third-order valence-corrected chi connectivity index (χ3v) is 3.69. The number of benzene rings is 2. The Balaban J connectivity index is 1.97. The lowest BCUT2D eigenvalue weighted by molar-refractivity contribution is -0.119. The van der Waals surface area contributed by atoms with Gasteiger partial charge in [0, 0.05) is 5.69 Å². The predicted molar refractivity (Wildman–Crippen MR) is 99.0 cm³/mol. The van der Waals surface area contributed by atoms with Gasteiger partial charge in [0.05, 0.1) is 19.3 Å². The quantitative estimate of drug-likeness (QED) is 0.768. The van der Waals surface area contributed by atoms with Gasteiger partial charge in [-0.05, 0) is 50.6 Å². The molecule has 0 atom stereocenters. The molecule has 0 bridgehead atoms. The van der Waals surface area contributed by atoms with Crippen molar-refractivity contribution in [1.29, 1.82) is 0 Å². The molecule has 0 saturated heterocycles. The molecule has 0 aliphatic rings. The maximum absolute atomic E-state index is 12.2. The number of hydrogen-bond acceptors (Lipinski definition) is 5. The summed E-state index contributed by atoms with van der Waals surface area (Å²) in [5.41, 5.74) is 3.03. The molecule has 26 heavy (non-hydrogen) atoms. The van der Waals surface area contributed by atoms with Crippen LogP contribution in [0.25, 0.3) is 0 Å². The van der Waals surface area contributed by atoms with E-state index < -0.39 is 11.9 Å². The van der Waals surface area contributed by atoms with Gasteiger partial charge in [0.1, 0.15) is 0 Å². The maximum Gasteiger partial charge on any atom is 0.338 e. The minimum atomic E-state index is -0.607. The van der Waals surface area contributed by atoms with Gasteiger partial charge in [-0.15, -0.1) is 0 Å². The summed E-state index contributed by atoms with van der Waals surface area (Å²) in [6.45, 7) is 5.78. The van der Waals surface area contributed by atoms with Crippen molar-refractivity contribution in [2.45, 2.75) is 20.8 Å². The van der Waals surface area contributed by atoms with E-state index in [9.17, 15) is 9.59 Å². The number of rotatable bonds is 7. The Bertz CT molecular complexity index is 801. The van der Waals surface area contributed by atoms with Crippen LogP contribution in [0.2, 0.25) is 0 Å². The van der Waals surface area contributed by atoms with Crippen molar-refractivity contribution in [1.82, 2.24) is 0 Å². The number of hydrogen-bond donors (Lipinski definition) is 1. The predicted octanol–water partition coefficient (Wildman–Crippen LogP) is 3.51. The molecule has 0 aliphatic heterocycles. The first kappa shape index (κ1) is 19.3. The molecule has 2 rings (SSSR count). The molecule has 138 valence electrons. The monoisotopic (exact) mass is 357 g/mol. The van der Waals surface area contributed by atoms with Crippen LogP contribution < -0.4 is 14.8 Å². The molecule has 6 nitrogen and oxygen atoms in total. The first-order chi connectivity index (χ1) is 12.4. The van der Waals surface area contributed by atoms with Crippen LogP contribution in [-0.4, -0.2) is 32.2 Å². The summed E-state index contributed by atoms with van der Waals surface area (Å²) in [6, 6.07) is 10.4. The van der Waals surface area contributed by atoms with Gasteiger partial charge in [-0.1, -0.05) is 17.7 Å². The highest BCUT2D eigenvalue weighted by Gasteiger charge is 2.14. The smallest absolute Gasteiger partial charge is 0.338 e. The standard InChI is InChI=1S/C20H23NO5/c1-5-25-18-11-15(7-9-17(18)24-4)20(23)26-12-19(22)21-16-8-6-13(2)10-14(16)3/h6-11H,5,12H2,1-4H3,(H,21,22). The van der Waals surface area contributed by atoms with E-state index in [1.54, 1.807) is 12.1 Å². The Hall–Kier alpha value is -3.02. The third-order valence-electron chi connectivity index (χ3n) is 3.69. The number of carbonyl (C=O) groups excluding carboxylic acids is 2. The van der Waals surface area contributed by atoms with Crippen molar-refractivity contribution in [3.63, 3.8) is 0 Å². The van der Waals surface area contributed by atoms with Crippen LogP contribution in [0.3, 0.4) is 0 Å². The largest absolute Gasteiger partial charge is 0.493 e. The second-order valence-corrected chi connectivity index (χ2v) is 5.74. The van der Waals surface area contributed by atoms with E-state index in [1.807, 2.05) is 39.0 Å². The molecular formula is C20H23NO5. The highest BCUT2D eigenvalue weighted by Crippen LogP contribution is 2.28. The Morgan fingerprint density at radius 3 is 2.46 bits per heavy atom. The van der Waals surface area contributed by atoms with Crippen LogP contribution in [0.4, 0.5) is 5.69 Å². The molecule has 0 heterocycles. The van der Waals surface area contributed by atoms with E-state index in [4.69, 9.17) is 14.2 Å². The van der Waals surface area contributed by atoms with Crippen LogP contribution in [0, 0.1) is 13.8 Å². The van der Waals surface area contributed by atoms with Crippen LogP contribution in [-0.2, 0) is 9.53 Å². The Kier molecular flexibility index (Phi) is 6.60. The summed E-state index contributed by atoms with van der Waals surface area (Å²) >= 11 is 0. The van der Waals surface area contributed by atoms with Gasteiger partial charge in [0.25, 0.3) is 5.91 Å². The van der Waals surface area contributed by atoms with Crippen molar-refractivity contribution < 1.29 is 23.8 Å². The molecule has 0 aromatic heterocycles. The fourth-order valence-corrected chi connectivity index (χ4v) is 2.43. The number of anilines is 1. The average molecular weight is 357 g/mol. The lowest BCUT2D eigenvalue weighted by atomic mass is 10.1. The fourth-order valence-electron chi connectivity index (χ4n) is 2.43. The number of esters is 1. The molecule has 0 fully saturated rings. The van der Waals surface area contributed by atoms with Gasteiger partial charge in [-0.3, -0.25) is 4.79 Å². The number of methoxy groups -OCH3 is 1. The van der Waals surface area contributed by atoms with Crippen molar-refractivity contribution >= 4 is 17.6 Å². The molecule has 2 aromatic rings. The van der Waals surface area contributed by atoms with Crippen molar-refractivity contribution in [3.05, 3.63) is 53.1 Å². The molecule has 1 N–H and O–H groups in total. The van der Waals surface area contributed by atoms with Gasteiger partial charge >= 0.3 is 5.97 Å². The van der Waals surface area contributed by atoms with Gasteiger partial charge in [-0.2, -0.15) is 0 Å². The molecule has 0 aliphatic carbocycles. The van der Waals surface area contributed by atoms with Gasteiger partial charge in [0.15, 0.2) is 18.1 Å². The fraction of sp³-hybridized carbons (Fsp3) is 0.300. The van der Waals surface area contributed by atoms with Crippen LogP contribution in [0.1, 0.15) is 28.4 Å². The molecule has 0 radical (unpaired) electrons. The lowest BCUT2D eigenvalue weighted by Gasteiger charge is -2.11. The lowest BCUT2D eigenvalue weighted by Crippen LogP contribution is -2.21. The molecule has 1 amide bonds. The SMILES string of the molecule is CCOc1cc(C(=O)OCC(=O)Nc2ccc(C)cc2C)ccc1OC. The van der Waals surface area contributed by atoms with E-state index in [-0.39, 0.29) is 12.2 Å². The van der Waals surface area contributed by atoms with E-state index in [1.165, 1.54) is 13.2 Å². The maximum atomic E-state index is 12.2. The Morgan fingerprint density at radius 2 is 1.81 bits per heavy atom. The van der Waals surface area contributed by atoms with Crippen molar-refractivity contribution in [3.8, 4) is 11.5 Å². The van der Waals surface area contributed by atoms with E-state index in [2.05, 4.69) is 5.32 Å². The summed E-state index contributed by atoms with van der Waals surface area (Å²) < 4.78 is 15.7. The molecule has 2 aromatic carbocycles. The average Bonchev–Trinajstić information content (AvgIpc) is 2.62. The zero-order valence-electron chi connectivity index (χ0n) is 15.4. The zero-order chi connectivity index (χ0) is 19.1. The summed E-state index contributed by atoms with van der Waals surface area (Å²) in [4.78, 5) is 24.2. The molecule has 0 unspecified atom stereocenters. The number of aryl methyl sites for hydroxylation is 2. The second kappa shape index (κ2) is 8.89. The Labute approximate surface area is 153 Å². The van der Waals surface area contributed by atoms with Gasteiger partial charge < -0.3 is 19.5 Å². The van der Waals surface area contributed by atoms with E-state index >= 15 is 0 Å². The third kappa shape index (κ3) is 4.99. The number of amides is 1. The highest BCUT2D eigenvalue weighted by molar-refractivity contribution is 5.96. The van der Waals surface area contributed by atoms with E-state index in [0.29, 0.717) is 23.8 Å². The van der Waals surface area contributed by atoms with E-state index in [0.717, 1.165) is 11.1 Å². The van der Waals surface area contributed by atoms with Crippen molar-refractivity contribution in [2.24, 2.45) is 0 Å². The molecule has 0 spiro atoms. The minimum absolute atomic E-state index is 0.286. The van der Waals surface area contributed by atoms with Crippen LogP contribution in [0.15, 0.2) is 36.4 Å². The topological polar surface area (TPSA) is 73.9 Å². The molecule has 6 heteroatoms.